The van der Waals surface area contributed by atoms with E-state index in [4.69, 9.17) is 32.7 Å². The lowest BCUT2D eigenvalue weighted by Gasteiger charge is -2.13. The number of hydrazone groups is 1. The molecule has 0 fully saturated rings. The molecule has 0 aromatic heterocycles. The number of halogens is 2. The lowest BCUT2D eigenvalue weighted by Crippen LogP contribution is -2.37. The molecule has 148 valence electrons. The number of hydrogen-bond donors (Lipinski definition) is 2. The number of hydrogen-bond acceptors (Lipinski definition) is 5. The van der Waals surface area contributed by atoms with Crippen LogP contribution in [0.15, 0.2) is 41.5 Å². The van der Waals surface area contributed by atoms with Gasteiger partial charge in [0.1, 0.15) is 6.61 Å². The molecule has 0 unspecified atom stereocenters. The molecule has 7 nitrogen and oxygen atoms in total. The van der Waals surface area contributed by atoms with E-state index in [0.717, 1.165) is 5.56 Å². The van der Waals surface area contributed by atoms with Crippen LogP contribution in [0, 0.1) is 0 Å². The van der Waals surface area contributed by atoms with Crippen molar-refractivity contribution in [3.05, 3.63) is 57.6 Å². The smallest absolute Gasteiger partial charge is 0.329 e. The van der Waals surface area contributed by atoms with Gasteiger partial charge in [0.25, 0.3) is 0 Å². The second-order valence-corrected chi connectivity index (χ2v) is 6.35. The van der Waals surface area contributed by atoms with Crippen LogP contribution in [0.1, 0.15) is 18.1 Å². The van der Waals surface area contributed by atoms with E-state index in [0.29, 0.717) is 33.7 Å². The van der Waals surface area contributed by atoms with Crippen molar-refractivity contribution in [2.75, 3.05) is 13.7 Å². The molecule has 28 heavy (non-hydrogen) atoms. The maximum atomic E-state index is 11.5. The Morgan fingerprint density at radius 2 is 1.86 bits per heavy atom. The fraction of sp³-hybridized carbons (Fsp3) is 0.211. The third-order valence-corrected chi connectivity index (χ3v) is 4.00. The number of rotatable bonds is 7. The Kier molecular flexibility index (Phi) is 8.10. The molecule has 0 aliphatic rings. The summed E-state index contributed by atoms with van der Waals surface area (Å²) in [5.41, 5.74) is 3.60. The molecule has 0 radical (unpaired) electrons. The first kappa shape index (κ1) is 21.5. The van der Waals surface area contributed by atoms with Crippen LogP contribution < -0.4 is 20.2 Å². The highest BCUT2D eigenvalue weighted by Crippen LogP contribution is 2.36. The molecular weight excluding hydrogens is 405 g/mol. The van der Waals surface area contributed by atoms with Crippen molar-refractivity contribution in [2.45, 2.75) is 13.5 Å². The number of carbonyl (C=O) groups excluding carboxylic acids is 2. The zero-order valence-corrected chi connectivity index (χ0v) is 16.8. The quantitative estimate of drug-likeness (QED) is 0.406. The fourth-order valence-electron chi connectivity index (χ4n) is 2.15. The summed E-state index contributed by atoms with van der Waals surface area (Å²) in [6.45, 7) is 2.34. The Bertz CT molecular complexity index is 870. The summed E-state index contributed by atoms with van der Waals surface area (Å²) in [5, 5.41) is 7.06. The Morgan fingerprint density at radius 3 is 2.50 bits per heavy atom. The molecule has 0 aliphatic heterocycles. The lowest BCUT2D eigenvalue weighted by molar-refractivity contribution is -0.139. The maximum absolute atomic E-state index is 11.5. The summed E-state index contributed by atoms with van der Waals surface area (Å²) in [4.78, 5) is 22.8. The molecule has 0 saturated carbocycles. The predicted octanol–water partition coefficient (Wildman–Crippen LogP) is 3.17. The number of benzene rings is 2. The molecule has 2 N–H and O–H groups in total. The number of likely N-dealkylation sites (N-methyl/N-ethyl adjacent to an activating group) is 1. The minimum atomic E-state index is -0.862. The van der Waals surface area contributed by atoms with Crippen LogP contribution in [0.25, 0.3) is 0 Å². The van der Waals surface area contributed by atoms with Crippen molar-refractivity contribution < 1.29 is 19.1 Å². The van der Waals surface area contributed by atoms with Crippen molar-refractivity contribution in [1.82, 2.24) is 10.7 Å². The van der Waals surface area contributed by atoms with Gasteiger partial charge in [-0.2, -0.15) is 5.10 Å². The summed E-state index contributed by atoms with van der Waals surface area (Å²) >= 11 is 12.2. The van der Waals surface area contributed by atoms with E-state index in [2.05, 4.69) is 15.8 Å². The monoisotopic (exact) mass is 423 g/mol. The van der Waals surface area contributed by atoms with Crippen molar-refractivity contribution in [1.29, 1.82) is 0 Å². The second-order valence-electron chi connectivity index (χ2n) is 5.51. The number of amides is 2. The van der Waals surface area contributed by atoms with Crippen LogP contribution in [0.2, 0.25) is 10.0 Å². The van der Waals surface area contributed by atoms with Gasteiger partial charge in [-0.25, -0.2) is 5.43 Å². The molecule has 0 heterocycles. The van der Waals surface area contributed by atoms with E-state index < -0.39 is 11.8 Å². The average molecular weight is 424 g/mol. The zero-order chi connectivity index (χ0) is 20.5. The van der Waals surface area contributed by atoms with E-state index in [1.807, 2.05) is 12.1 Å². The fourth-order valence-corrected chi connectivity index (χ4v) is 2.55. The number of nitrogens with one attached hydrogen (secondary N) is 2. The molecule has 2 aromatic carbocycles. The van der Waals surface area contributed by atoms with Gasteiger partial charge in [0.15, 0.2) is 11.5 Å². The van der Waals surface area contributed by atoms with Gasteiger partial charge in [0.2, 0.25) is 0 Å². The highest BCUT2D eigenvalue weighted by atomic mass is 35.5. The van der Waals surface area contributed by atoms with E-state index in [9.17, 15) is 9.59 Å². The summed E-state index contributed by atoms with van der Waals surface area (Å²) in [5.74, 6) is -0.846. The molecule has 0 spiro atoms. The minimum Gasteiger partial charge on any atom is -0.493 e. The summed E-state index contributed by atoms with van der Waals surface area (Å²) in [6, 6.07) is 10.5. The minimum absolute atomic E-state index is 0.281. The van der Waals surface area contributed by atoms with Gasteiger partial charge < -0.3 is 14.8 Å². The normalized spacial score (nSPS) is 10.6. The molecule has 9 heteroatoms. The van der Waals surface area contributed by atoms with Gasteiger partial charge in [-0.15, -0.1) is 0 Å². The van der Waals surface area contributed by atoms with Crippen molar-refractivity contribution in [3.63, 3.8) is 0 Å². The molecule has 0 saturated heterocycles. The van der Waals surface area contributed by atoms with E-state index in [1.54, 1.807) is 31.2 Å². The predicted molar refractivity (Wildman–Crippen MR) is 108 cm³/mol. The average Bonchev–Trinajstić information content (AvgIpc) is 2.68. The van der Waals surface area contributed by atoms with E-state index in [1.165, 1.54) is 13.3 Å². The molecular formula is C19H19Cl2N3O4. The Morgan fingerprint density at radius 1 is 1.14 bits per heavy atom. The van der Waals surface area contributed by atoms with Crippen molar-refractivity contribution >= 4 is 41.2 Å². The number of carbonyl (C=O) groups is 2. The van der Waals surface area contributed by atoms with Crippen LogP contribution in [-0.2, 0) is 16.2 Å². The SMILES string of the molecule is CCNC(=O)C(=O)N/N=C\c1cc(Cl)c(OCc2ccc(Cl)cc2)c(OC)c1. The van der Waals surface area contributed by atoms with Crippen LogP contribution in [0.3, 0.4) is 0 Å². The molecule has 2 aromatic rings. The van der Waals surface area contributed by atoms with Gasteiger partial charge in [-0.05, 0) is 42.3 Å². The third-order valence-electron chi connectivity index (χ3n) is 3.47. The lowest BCUT2D eigenvalue weighted by atomic mass is 10.2. The topological polar surface area (TPSA) is 89.0 Å². The third kappa shape index (κ3) is 6.14. The number of ether oxygens (including phenoxy) is 2. The van der Waals surface area contributed by atoms with Gasteiger partial charge in [-0.3, -0.25) is 9.59 Å². The number of nitrogens with zero attached hydrogens (tertiary/aromatic N) is 1. The van der Waals surface area contributed by atoms with Crippen LogP contribution in [-0.4, -0.2) is 31.7 Å². The van der Waals surface area contributed by atoms with Gasteiger partial charge >= 0.3 is 11.8 Å². The summed E-state index contributed by atoms with van der Waals surface area (Å²) in [6.07, 6.45) is 1.34. The Labute approximate surface area is 172 Å². The second kappa shape index (κ2) is 10.5. The first-order chi connectivity index (χ1) is 13.4. The van der Waals surface area contributed by atoms with Gasteiger partial charge in [-0.1, -0.05) is 35.3 Å². The summed E-state index contributed by atoms with van der Waals surface area (Å²) < 4.78 is 11.1. The molecule has 0 bridgehead atoms. The Hall–Kier alpha value is -2.77. The number of methoxy groups -OCH3 is 1. The molecule has 2 rings (SSSR count). The van der Waals surface area contributed by atoms with Crippen LogP contribution in [0.4, 0.5) is 0 Å². The molecule has 0 atom stereocenters. The van der Waals surface area contributed by atoms with Crippen molar-refractivity contribution in [3.8, 4) is 11.5 Å². The van der Waals surface area contributed by atoms with E-state index in [-0.39, 0.29) is 6.61 Å². The first-order valence-electron chi connectivity index (χ1n) is 8.30. The highest BCUT2D eigenvalue weighted by Gasteiger charge is 2.13. The maximum Gasteiger partial charge on any atom is 0.329 e. The van der Waals surface area contributed by atoms with Crippen molar-refractivity contribution in [2.24, 2.45) is 5.10 Å². The molecule has 2 amide bonds. The van der Waals surface area contributed by atoms with Crippen LogP contribution in [0.5, 0.6) is 11.5 Å². The van der Waals surface area contributed by atoms with Gasteiger partial charge in [0, 0.05) is 11.6 Å². The van der Waals surface area contributed by atoms with E-state index >= 15 is 0 Å². The first-order valence-corrected chi connectivity index (χ1v) is 9.06. The zero-order valence-electron chi connectivity index (χ0n) is 15.3. The standard InChI is InChI=1S/C19H19Cl2N3O4/c1-3-22-18(25)19(26)24-23-10-13-8-15(21)17(16(9-13)27-2)28-11-12-4-6-14(20)7-5-12/h4-10H,3,11H2,1-2H3,(H,22,25)(H,24,26)/b23-10-. The highest BCUT2D eigenvalue weighted by molar-refractivity contribution is 6.35. The van der Waals surface area contributed by atoms with Crippen LogP contribution >= 0.6 is 23.2 Å². The Balaban J connectivity index is 2.07. The largest absolute Gasteiger partial charge is 0.493 e. The summed E-state index contributed by atoms with van der Waals surface area (Å²) in [7, 11) is 1.48. The molecule has 0 aliphatic carbocycles. The van der Waals surface area contributed by atoms with Gasteiger partial charge in [0.05, 0.1) is 18.3 Å².